The number of amides is 1. The maximum absolute atomic E-state index is 12.9. The van der Waals surface area contributed by atoms with E-state index in [0.717, 1.165) is 12.8 Å². The van der Waals surface area contributed by atoms with Gasteiger partial charge in [0.1, 0.15) is 5.75 Å². The summed E-state index contributed by atoms with van der Waals surface area (Å²) in [4.78, 5) is 11.7. The van der Waals surface area contributed by atoms with E-state index in [1.165, 1.54) is 11.4 Å². The van der Waals surface area contributed by atoms with Crippen LogP contribution >= 0.6 is 12.4 Å². The number of nitrogens with zero attached hydrogens (tertiary/aromatic N) is 1. The summed E-state index contributed by atoms with van der Waals surface area (Å²) >= 11 is 0. The summed E-state index contributed by atoms with van der Waals surface area (Å²) < 4.78 is 32.6. The fourth-order valence-corrected chi connectivity index (χ4v) is 4.43. The molecular weight excluding hydrogens is 378 g/mol. The molecule has 1 aliphatic rings. The molecule has 0 aliphatic carbocycles. The van der Waals surface area contributed by atoms with Crippen molar-refractivity contribution in [1.82, 2.24) is 14.9 Å². The zero-order valence-corrected chi connectivity index (χ0v) is 17.1. The predicted octanol–water partition coefficient (Wildman–Crippen LogP) is 1.52. The molecule has 1 aromatic carbocycles. The number of ether oxygens (including phenoxy) is 1. The summed E-state index contributed by atoms with van der Waals surface area (Å²) in [6.45, 7) is 3.01. The standard InChI is InChI=1S/C17H27N3O4S.ClH/c1-4-17(21)19-12-13-11-15(5-6-16(13)24-3)25(22,23)20-9-7-14(18-2)8-10-20;/h5-6,11,14,18H,4,7-10,12H2,1-3H3,(H,19,21);1H. The van der Waals surface area contributed by atoms with Gasteiger partial charge < -0.3 is 15.4 Å². The summed E-state index contributed by atoms with van der Waals surface area (Å²) in [5, 5.41) is 5.95. The number of carbonyl (C=O) groups excluding carboxylic acids is 1. The molecule has 1 saturated heterocycles. The summed E-state index contributed by atoms with van der Waals surface area (Å²) in [5.74, 6) is 0.466. The van der Waals surface area contributed by atoms with E-state index < -0.39 is 10.0 Å². The molecule has 26 heavy (non-hydrogen) atoms. The van der Waals surface area contributed by atoms with Gasteiger partial charge in [0.2, 0.25) is 15.9 Å². The van der Waals surface area contributed by atoms with Crippen LogP contribution in [0.25, 0.3) is 0 Å². The molecule has 0 radical (unpaired) electrons. The minimum atomic E-state index is -3.55. The molecule has 0 spiro atoms. The van der Waals surface area contributed by atoms with Crippen LogP contribution in [-0.2, 0) is 21.4 Å². The third-order valence-electron chi connectivity index (χ3n) is 4.55. The molecule has 2 rings (SSSR count). The van der Waals surface area contributed by atoms with Gasteiger partial charge in [0.25, 0.3) is 0 Å². The Kier molecular flexibility index (Phi) is 8.82. The van der Waals surface area contributed by atoms with Crippen molar-refractivity contribution in [2.24, 2.45) is 0 Å². The topological polar surface area (TPSA) is 87.7 Å². The highest BCUT2D eigenvalue weighted by molar-refractivity contribution is 7.89. The van der Waals surface area contributed by atoms with Crippen LogP contribution < -0.4 is 15.4 Å². The highest BCUT2D eigenvalue weighted by Crippen LogP contribution is 2.26. The number of nitrogens with one attached hydrogen (secondary N) is 2. The first kappa shape index (κ1) is 22.7. The largest absolute Gasteiger partial charge is 0.496 e. The van der Waals surface area contributed by atoms with Gasteiger partial charge in [0.15, 0.2) is 0 Å². The lowest BCUT2D eigenvalue weighted by atomic mass is 10.1. The monoisotopic (exact) mass is 405 g/mol. The normalized spacial score (nSPS) is 16.0. The average molecular weight is 406 g/mol. The van der Waals surface area contributed by atoms with E-state index in [0.29, 0.717) is 36.9 Å². The first-order valence-corrected chi connectivity index (χ1v) is 9.97. The van der Waals surface area contributed by atoms with Crippen molar-refractivity contribution in [2.45, 2.75) is 43.7 Å². The number of hydrogen-bond donors (Lipinski definition) is 2. The Bertz CT molecular complexity index is 704. The maximum Gasteiger partial charge on any atom is 0.243 e. The van der Waals surface area contributed by atoms with Gasteiger partial charge >= 0.3 is 0 Å². The van der Waals surface area contributed by atoms with Gasteiger partial charge in [0.05, 0.1) is 12.0 Å². The van der Waals surface area contributed by atoms with Gasteiger partial charge in [-0.05, 0) is 38.1 Å². The minimum Gasteiger partial charge on any atom is -0.496 e. The van der Waals surface area contributed by atoms with Crippen molar-refractivity contribution in [3.05, 3.63) is 23.8 Å². The molecule has 148 valence electrons. The predicted molar refractivity (Wildman–Crippen MR) is 103 cm³/mol. The van der Waals surface area contributed by atoms with E-state index in [9.17, 15) is 13.2 Å². The van der Waals surface area contributed by atoms with E-state index in [4.69, 9.17) is 4.74 Å². The number of piperidine rings is 1. The van der Waals surface area contributed by atoms with Crippen molar-refractivity contribution in [3.63, 3.8) is 0 Å². The second-order valence-electron chi connectivity index (χ2n) is 6.07. The molecule has 1 aliphatic heterocycles. The van der Waals surface area contributed by atoms with Gasteiger partial charge in [-0.1, -0.05) is 6.92 Å². The lowest BCUT2D eigenvalue weighted by Gasteiger charge is -2.31. The Morgan fingerprint density at radius 3 is 2.50 bits per heavy atom. The van der Waals surface area contributed by atoms with Crippen LogP contribution in [0.1, 0.15) is 31.7 Å². The molecule has 0 unspecified atom stereocenters. The lowest BCUT2D eigenvalue weighted by Crippen LogP contribution is -2.43. The van der Waals surface area contributed by atoms with Crippen molar-refractivity contribution >= 4 is 28.3 Å². The van der Waals surface area contributed by atoms with Crippen molar-refractivity contribution < 1.29 is 17.9 Å². The molecule has 1 heterocycles. The Morgan fingerprint density at radius 2 is 1.96 bits per heavy atom. The highest BCUT2D eigenvalue weighted by Gasteiger charge is 2.29. The lowest BCUT2D eigenvalue weighted by molar-refractivity contribution is -0.120. The number of methoxy groups -OCH3 is 1. The van der Waals surface area contributed by atoms with E-state index >= 15 is 0 Å². The van der Waals surface area contributed by atoms with Gasteiger partial charge in [-0.25, -0.2) is 8.42 Å². The molecular formula is C17H28ClN3O4S. The number of hydrogen-bond acceptors (Lipinski definition) is 5. The first-order valence-electron chi connectivity index (χ1n) is 8.53. The second-order valence-corrected chi connectivity index (χ2v) is 8.01. The second kappa shape index (κ2) is 10.1. The van der Waals surface area contributed by atoms with Crippen LogP contribution in [0, 0.1) is 0 Å². The molecule has 1 amide bonds. The van der Waals surface area contributed by atoms with E-state index in [2.05, 4.69) is 10.6 Å². The zero-order valence-electron chi connectivity index (χ0n) is 15.4. The number of sulfonamides is 1. The molecule has 0 bridgehead atoms. The van der Waals surface area contributed by atoms with E-state index in [1.807, 2.05) is 7.05 Å². The number of carbonyl (C=O) groups is 1. The van der Waals surface area contributed by atoms with Crippen LogP contribution in [0.15, 0.2) is 23.1 Å². The van der Waals surface area contributed by atoms with Crippen LogP contribution in [-0.4, -0.2) is 51.9 Å². The summed E-state index contributed by atoms with van der Waals surface area (Å²) in [6.07, 6.45) is 1.97. The quantitative estimate of drug-likeness (QED) is 0.718. The van der Waals surface area contributed by atoms with Gasteiger partial charge in [-0.2, -0.15) is 4.31 Å². The van der Waals surface area contributed by atoms with E-state index in [1.54, 1.807) is 25.1 Å². The van der Waals surface area contributed by atoms with Crippen LogP contribution in [0.2, 0.25) is 0 Å². The van der Waals surface area contributed by atoms with Crippen LogP contribution in [0.3, 0.4) is 0 Å². The van der Waals surface area contributed by atoms with Gasteiger partial charge in [0, 0.05) is 37.7 Å². The summed E-state index contributed by atoms with van der Waals surface area (Å²) in [7, 11) is -0.125. The molecule has 2 N–H and O–H groups in total. The zero-order chi connectivity index (χ0) is 18.4. The third-order valence-corrected chi connectivity index (χ3v) is 6.44. The maximum atomic E-state index is 12.9. The molecule has 7 nitrogen and oxygen atoms in total. The molecule has 0 saturated carbocycles. The smallest absolute Gasteiger partial charge is 0.243 e. The van der Waals surface area contributed by atoms with Crippen molar-refractivity contribution in [2.75, 3.05) is 27.2 Å². The van der Waals surface area contributed by atoms with Gasteiger partial charge in [-0.3, -0.25) is 4.79 Å². The van der Waals surface area contributed by atoms with Gasteiger partial charge in [-0.15, -0.1) is 12.4 Å². The van der Waals surface area contributed by atoms with Crippen LogP contribution in [0.5, 0.6) is 5.75 Å². The summed E-state index contributed by atoms with van der Waals surface area (Å²) in [5.41, 5.74) is 0.649. The minimum absolute atomic E-state index is 0. The third kappa shape index (κ3) is 5.33. The Morgan fingerprint density at radius 1 is 1.31 bits per heavy atom. The fraction of sp³-hybridized carbons (Fsp3) is 0.588. The number of benzene rings is 1. The fourth-order valence-electron chi connectivity index (χ4n) is 2.91. The van der Waals surface area contributed by atoms with Crippen molar-refractivity contribution in [3.8, 4) is 5.75 Å². The SMILES string of the molecule is CCC(=O)NCc1cc(S(=O)(=O)N2CCC(NC)CC2)ccc1OC.Cl. The molecule has 0 aromatic heterocycles. The number of rotatable bonds is 7. The van der Waals surface area contributed by atoms with Crippen LogP contribution in [0.4, 0.5) is 0 Å². The highest BCUT2D eigenvalue weighted by atomic mass is 35.5. The molecule has 0 atom stereocenters. The molecule has 1 fully saturated rings. The summed E-state index contributed by atoms with van der Waals surface area (Å²) in [6, 6.07) is 5.15. The van der Waals surface area contributed by atoms with E-state index in [-0.39, 0.29) is 29.8 Å². The number of halogens is 1. The Balaban J connectivity index is 0.00000338. The molecule has 9 heteroatoms. The average Bonchev–Trinajstić information content (AvgIpc) is 2.65. The molecule has 1 aromatic rings. The van der Waals surface area contributed by atoms with Crippen molar-refractivity contribution in [1.29, 1.82) is 0 Å². The Hall–Kier alpha value is -1.35. The first-order chi connectivity index (χ1) is 11.9. The Labute approximate surface area is 161 Å².